The highest BCUT2D eigenvalue weighted by Crippen LogP contribution is 2.24. The van der Waals surface area contributed by atoms with Gasteiger partial charge >= 0.3 is 0 Å². The lowest BCUT2D eigenvalue weighted by molar-refractivity contribution is 0.391. The van der Waals surface area contributed by atoms with Crippen molar-refractivity contribution < 1.29 is 4.52 Å². The van der Waals surface area contributed by atoms with Crippen LogP contribution in [0.2, 0.25) is 0 Å². The first kappa shape index (κ1) is 14.3. The third kappa shape index (κ3) is 2.84. The molecule has 4 aromatic rings. The first-order valence-corrected chi connectivity index (χ1v) is 8.76. The van der Waals surface area contributed by atoms with Gasteiger partial charge < -0.3 is 4.52 Å². The van der Waals surface area contributed by atoms with Gasteiger partial charge in [0, 0.05) is 11.4 Å². The number of nitrogens with zero attached hydrogens (tertiary/aromatic N) is 6. The summed E-state index contributed by atoms with van der Waals surface area (Å²) in [7, 11) is 0. The Morgan fingerprint density at radius 2 is 2.17 bits per heavy atom. The van der Waals surface area contributed by atoms with Gasteiger partial charge in [-0.2, -0.15) is 9.97 Å². The average Bonchev–Trinajstić information content (AvgIpc) is 3.24. The Balaban J connectivity index is 1.52. The molecule has 0 fully saturated rings. The van der Waals surface area contributed by atoms with Gasteiger partial charge in [-0.25, -0.2) is 9.50 Å². The van der Waals surface area contributed by atoms with Crippen LogP contribution in [0.15, 0.2) is 33.3 Å². The van der Waals surface area contributed by atoms with Crippen LogP contribution in [-0.4, -0.2) is 29.7 Å². The topological polar surface area (TPSA) is 82.0 Å². The maximum Gasteiger partial charge on any atom is 0.253 e. The zero-order chi connectivity index (χ0) is 15.8. The Bertz CT molecular complexity index is 959. The van der Waals surface area contributed by atoms with Crippen molar-refractivity contribution in [1.82, 2.24) is 29.7 Å². The van der Waals surface area contributed by atoms with Gasteiger partial charge in [0.05, 0.1) is 10.6 Å². The Morgan fingerprint density at radius 1 is 1.26 bits per heavy atom. The minimum atomic E-state index is 0.521. The fourth-order valence-electron chi connectivity index (χ4n) is 2.15. The summed E-state index contributed by atoms with van der Waals surface area (Å²) >= 11 is 3.03. The third-order valence-electron chi connectivity index (χ3n) is 3.13. The molecule has 9 heteroatoms. The van der Waals surface area contributed by atoms with Gasteiger partial charge in [-0.3, -0.25) is 0 Å². The molecule has 0 amide bonds. The summed E-state index contributed by atoms with van der Waals surface area (Å²) < 4.78 is 7.01. The van der Waals surface area contributed by atoms with Crippen molar-refractivity contribution in [2.45, 2.75) is 24.8 Å². The zero-order valence-electron chi connectivity index (χ0n) is 12.4. The van der Waals surface area contributed by atoms with Crippen molar-refractivity contribution in [1.29, 1.82) is 0 Å². The first-order valence-electron chi connectivity index (χ1n) is 6.89. The van der Waals surface area contributed by atoms with E-state index in [1.807, 2.05) is 37.4 Å². The van der Waals surface area contributed by atoms with Gasteiger partial charge in [0.2, 0.25) is 16.9 Å². The summed E-state index contributed by atoms with van der Waals surface area (Å²) in [6.07, 6.45) is 0. The van der Waals surface area contributed by atoms with E-state index < -0.39 is 0 Å². The van der Waals surface area contributed by atoms with Gasteiger partial charge in [0.15, 0.2) is 0 Å². The number of thioether (sulfide) groups is 1. The molecule has 0 aliphatic rings. The molecular formula is C14H12N6OS2. The SMILES string of the molecule is Cc1cc(C)n2nc(SCc3nc(-c4cccs4)no3)nc2n1. The largest absolute Gasteiger partial charge is 0.338 e. The fraction of sp³-hybridized carbons (Fsp3) is 0.214. The minimum Gasteiger partial charge on any atom is -0.338 e. The molecule has 4 rings (SSSR count). The van der Waals surface area contributed by atoms with E-state index in [2.05, 4.69) is 25.2 Å². The molecule has 0 aliphatic carbocycles. The van der Waals surface area contributed by atoms with Crippen LogP contribution >= 0.6 is 23.1 Å². The molecule has 116 valence electrons. The summed E-state index contributed by atoms with van der Waals surface area (Å²) in [4.78, 5) is 14.2. The molecule has 0 saturated carbocycles. The molecule has 0 saturated heterocycles. The molecule has 0 bridgehead atoms. The van der Waals surface area contributed by atoms with E-state index in [1.165, 1.54) is 11.8 Å². The third-order valence-corrected chi connectivity index (χ3v) is 4.82. The second-order valence-electron chi connectivity index (χ2n) is 4.92. The van der Waals surface area contributed by atoms with Crippen molar-refractivity contribution >= 4 is 28.9 Å². The van der Waals surface area contributed by atoms with E-state index in [0.29, 0.717) is 28.4 Å². The molecule has 0 N–H and O–H groups in total. The highest BCUT2D eigenvalue weighted by Gasteiger charge is 2.12. The summed E-state index contributed by atoms with van der Waals surface area (Å²) in [6, 6.07) is 5.90. The number of fused-ring (bicyclic) bond motifs is 1. The number of rotatable bonds is 4. The fourth-order valence-corrected chi connectivity index (χ4v) is 3.46. The number of aryl methyl sites for hydroxylation is 2. The number of hydrogen-bond acceptors (Lipinski definition) is 8. The second-order valence-corrected chi connectivity index (χ2v) is 6.81. The highest BCUT2D eigenvalue weighted by atomic mass is 32.2. The molecule has 0 unspecified atom stereocenters. The Hall–Kier alpha value is -2.26. The van der Waals surface area contributed by atoms with Crippen LogP contribution in [0, 0.1) is 13.8 Å². The lowest BCUT2D eigenvalue weighted by Crippen LogP contribution is -1.97. The van der Waals surface area contributed by atoms with Crippen LogP contribution < -0.4 is 0 Å². The number of hydrogen-bond donors (Lipinski definition) is 0. The predicted molar refractivity (Wildman–Crippen MR) is 87.4 cm³/mol. The second kappa shape index (κ2) is 5.74. The molecule has 23 heavy (non-hydrogen) atoms. The van der Waals surface area contributed by atoms with Gasteiger partial charge in [-0.05, 0) is 31.4 Å². The van der Waals surface area contributed by atoms with Crippen LogP contribution in [0.1, 0.15) is 17.3 Å². The van der Waals surface area contributed by atoms with Crippen molar-refractivity contribution in [3.8, 4) is 10.7 Å². The quantitative estimate of drug-likeness (QED) is 0.526. The van der Waals surface area contributed by atoms with E-state index in [-0.39, 0.29) is 0 Å². The van der Waals surface area contributed by atoms with Gasteiger partial charge in [0.25, 0.3) is 5.78 Å². The molecule has 4 heterocycles. The van der Waals surface area contributed by atoms with E-state index in [0.717, 1.165) is 16.3 Å². The van der Waals surface area contributed by atoms with Crippen molar-refractivity contribution in [3.63, 3.8) is 0 Å². The Kier molecular flexibility index (Phi) is 3.58. The van der Waals surface area contributed by atoms with E-state index in [1.54, 1.807) is 15.9 Å². The summed E-state index contributed by atoms with van der Waals surface area (Å²) in [6.45, 7) is 3.93. The molecule has 0 aromatic carbocycles. The maximum atomic E-state index is 5.27. The smallest absolute Gasteiger partial charge is 0.253 e. The highest BCUT2D eigenvalue weighted by molar-refractivity contribution is 7.98. The van der Waals surface area contributed by atoms with Crippen LogP contribution in [-0.2, 0) is 5.75 Å². The minimum absolute atomic E-state index is 0.521. The van der Waals surface area contributed by atoms with E-state index in [4.69, 9.17) is 4.52 Å². The maximum absolute atomic E-state index is 5.27. The Labute approximate surface area is 139 Å². The summed E-state index contributed by atoms with van der Waals surface area (Å²) in [5.41, 5.74) is 1.93. The summed E-state index contributed by atoms with van der Waals surface area (Å²) in [5, 5.41) is 11.1. The molecule has 4 aromatic heterocycles. The predicted octanol–water partition coefficient (Wildman–Crippen LogP) is 3.14. The van der Waals surface area contributed by atoms with Crippen molar-refractivity contribution in [2.75, 3.05) is 0 Å². The van der Waals surface area contributed by atoms with Crippen LogP contribution in [0.25, 0.3) is 16.5 Å². The zero-order valence-corrected chi connectivity index (χ0v) is 14.1. The van der Waals surface area contributed by atoms with Gasteiger partial charge in [-0.1, -0.05) is 23.0 Å². The van der Waals surface area contributed by atoms with Crippen molar-refractivity contribution in [3.05, 3.63) is 40.9 Å². The van der Waals surface area contributed by atoms with Crippen LogP contribution in [0.4, 0.5) is 0 Å². The van der Waals surface area contributed by atoms with E-state index in [9.17, 15) is 0 Å². The van der Waals surface area contributed by atoms with Crippen LogP contribution in [0.5, 0.6) is 0 Å². The summed E-state index contributed by atoms with van der Waals surface area (Å²) in [5.74, 6) is 2.30. The van der Waals surface area contributed by atoms with Gasteiger partial charge in [0.1, 0.15) is 0 Å². The molecule has 0 radical (unpaired) electrons. The molecule has 0 aliphatic heterocycles. The monoisotopic (exact) mass is 344 g/mol. The Morgan fingerprint density at radius 3 is 3.00 bits per heavy atom. The molecular weight excluding hydrogens is 332 g/mol. The van der Waals surface area contributed by atoms with E-state index >= 15 is 0 Å². The molecule has 0 spiro atoms. The number of thiophene rings is 1. The van der Waals surface area contributed by atoms with Gasteiger partial charge in [-0.15, -0.1) is 16.4 Å². The normalized spacial score (nSPS) is 11.4. The standard InChI is InChI=1S/C14H12N6OS2/c1-8-6-9(2)20-13(15-8)17-14(18-20)23-7-11-16-12(19-21-11)10-4-3-5-22-10/h3-6H,7H2,1-2H3. The molecule has 7 nitrogen and oxygen atoms in total. The lowest BCUT2D eigenvalue weighted by Gasteiger charge is -1.97. The molecule has 0 atom stereocenters. The van der Waals surface area contributed by atoms with Crippen molar-refractivity contribution in [2.24, 2.45) is 0 Å². The first-order chi connectivity index (χ1) is 11.2. The average molecular weight is 344 g/mol. The lowest BCUT2D eigenvalue weighted by atomic mass is 10.4. The number of aromatic nitrogens is 6. The van der Waals surface area contributed by atoms with Crippen LogP contribution in [0.3, 0.4) is 0 Å².